The smallest absolute Gasteiger partial charge is 0.324 e. The van der Waals surface area contributed by atoms with Crippen LogP contribution in [0.3, 0.4) is 0 Å². The van der Waals surface area contributed by atoms with E-state index in [9.17, 15) is 14.4 Å². The monoisotopic (exact) mass is 246 g/mol. The molecule has 1 atom stereocenters. The third-order valence-corrected chi connectivity index (χ3v) is 1.63. The Morgan fingerprint density at radius 1 is 1.12 bits per heavy atom. The first-order chi connectivity index (χ1) is 7.67. The van der Waals surface area contributed by atoms with E-state index < -0.39 is 29.4 Å². The summed E-state index contributed by atoms with van der Waals surface area (Å²) >= 11 is 0. The van der Waals surface area contributed by atoms with Crippen LogP contribution in [0.2, 0.25) is 0 Å². The van der Waals surface area contributed by atoms with Crippen LogP contribution in [0.5, 0.6) is 0 Å². The molecule has 0 N–H and O–H groups in total. The fourth-order valence-electron chi connectivity index (χ4n) is 0.948. The minimum atomic E-state index is -1.25. The lowest BCUT2D eigenvalue weighted by atomic mass is 10.1. The topological polar surface area (TPSA) is 78.9 Å². The Labute approximate surface area is 100 Å². The molecule has 0 radical (unpaired) electrons. The lowest BCUT2D eigenvalue weighted by Crippen LogP contribution is -2.36. The molecule has 0 aromatic carbocycles. The maximum atomic E-state index is 11.7. The van der Waals surface area contributed by atoms with Crippen LogP contribution in [0.25, 0.3) is 0 Å². The van der Waals surface area contributed by atoms with Crippen molar-refractivity contribution in [2.75, 3.05) is 13.7 Å². The molecule has 0 aromatic heterocycles. The Morgan fingerprint density at radius 2 is 1.65 bits per heavy atom. The lowest BCUT2D eigenvalue weighted by molar-refractivity contribution is -0.171. The molecule has 0 spiro atoms. The third-order valence-electron chi connectivity index (χ3n) is 1.63. The highest BCUT2D eigenvalue weighted by atomic mass is 16.6. The van der Waals surface area contributed by atoms with Gasteiger partial charge in [0.15, 0.2) is 5.92 Å². The van der Waals surface area contributed by atoms with Gasteiger partial charge in [-0.2, -0.15) is 0 Å². The number of carbonyl (C=O) groups excluding carboxylic acids is 3. The number of methoxy groups -OCH3 is 1. The summed E-state index contributed by atoms with van der Waals surface area (Å²) in [6.45, 7) is 5.82. The first kappa shape index (κ1) is 15.4. The Kier molecular flexibility index (Phi) is 5.64. The van der Waals surface area contributed by atoms with Crippen molar-refractivity contribution in [3.63, 3.8) is 0 Å². The van der Waals surface area contributed by atoms with Crippen molar-refractivity contribution in [2.45, 2.75) is 33.3 Å². The van der Waals surface area contributed by atoms with E-state index >= 15 is 0 Å². The minimum Gasteiger partial charge on any atom is -0.468 e. The van der Waals surface area contributed by atoms with Crippen molar-refractivity contribution >= 4 is 17.9 Å². The summed E-state index contributed by atoms with van der Waals surface area (Å²) in [6.07, 6.45) is 0. The quantitative estimate of drug-likeness (QED) is 0.412. The molecule has 6 nitrogen and oxygen atoms in total. The van der Waals surface area contributed by atoms with Crippen molar-refractivity contribution in [3.8, 4) is 0 Å². The van der Waals surface area contributed by atoms with Gasteiger partial charge in [-0.25, -0.2) is 0 Å². The Balaban J connectivity index is 4.62. The summed E-state index contributed by atoms with van der Waals surface area (Å²) < 4.78 is 14.1. The van der Waals surface area contributed by atoms with Crippen LogP contribution in [0, 0.1) is 5.92 Å². The van der Waals surface area contributed by atoms with Gasteiger partial charge in [0.2, 0.25) is 0 Å². The number of hydrogen-bond acceptors (Lipinski definition) is 6. The van der Waals surface area contributed by atoms with Gasteiger partial charge in [-0.3, -0.25) is 14.4 Å². The molecule has 6 heteroatoms. The summed E-state index contributed by atoms with van der Waals surface area (Å²) in [5.74, 6) is -3.39. The van der Waals surface area contributed by atoms with E-state index in [1.807, 2.05) is 0 Å². The van der Waals surface area contributed by atoms with E-state index in [2.05, 4.69) is 9.47 Å². The van der Waals surface area contributed by atoms with Gasteiger partial charge in [-0.1, -0.05) is 0 Å². The van der Waals surface area contributed by atoms with E-state index in [4.69, 9.17) is 4.74 Å². The molecule has 0 aliphatic rings. The highest BCUT2D eigenvalue weighted by molar-refractivity contribution is 5.95. The zero-order valence-corrected chi connectivity index (χ0v) is 10.7. The van der Waals surface area contributed by atoms with E-state index in [1.54, 1.807) is 20.8 Å². The summed E-state index contributed by atoms with van der Waals surface area (Å²) in [7, 11) is 1.15. The van der Waals surface area contributed by atoms with Crippen LogP contribution < -0.4 is 0 Å². The molecule has 0 saturated heterocycles. The van der Waals surface area contributed by atoms with Crippen molar-refractivity contribution in [1.82, 2.24) is 0 Å². The van der Waals surface area contributed by atoms with Crippen LogP contribution in [0.1, 0.15) is 27.7 Å². The maximum absolute atomic E-state index is 11.7. The van der Waals surface area contributed by atoms with Gasteiger partial charge in [0.05, 0.1) is 7.11 Å². The van der Waals surface area contributed by atoms with Crippen LogP contribution in [0.4, 0.5) is 0 Å². The van der Waals surface area contributed by atoms with Crippen molar-refractivity contribution < 1.29 is 28.6 Å². The van der Waals surface area contributed by atoms with Crippen molar-refractivity contribution in [1.29, 1.82) is 0 Å². The lowest BCUT2D eigenvalue weighted by Gasteiger charge is -2.22. The van der Waals surface area contributed by atoms with Gasteiger partial charge in [-0.05, 0) is 20.8 Å². The number of ether oxygens (including phenoxy) is 3. The van der Waals surface area contributed by atoms with E-state index in [-0.39, 0.29) is 6.61 Å². The molecule has 17 heavy (non-hydrogen) atoms. The van der Waals surface area contributed by atoms with Crippen LogP contribution in [-0.4, -0.2) is 37.2 Å². The second kappa shape index (κ2) is 6.22. The fraction of sp³-hybridized carbons (Fsp3) is 0.727. The first-order valence-electron chi connectivity index (χ1n) is 5.11. The van der Waals surface area contributed by atoms with E-state index in [1.165, 1.54) is 6.92 Å². The SMILES string of the molecule is COC(=O)C(COC(C)=O)C(=O)OC(C)(C)C. The first-order valence-corrected chi connectivity index (χ1v) is 5.11. The van der Waals surface area contributed by atoms with Gasteiger partial charge in [0.25, 0.3) is 0 Å². The van der Waals surface area contributed by atoms with Gasteiger partial charge in [0.1, 0.15) is 12.2 Å². The van der Waals surface area contributed by atoms with E-state index in [0.717, 1.165) is 7.11 Å². The summed E-state index contributed by atoms with van der Waals surface area (Å²) in [5, 5.41) is 0. The summed E-state index contributed by atoms with van der Waals surface area (Å²) in [4.78, 5) is 33.6. The number of esters is 3. The summed E-state index contributed by atoms with van der Waals surface area (Å²) in [5.41, 5.74) is -0.723. The second-order valence-electron chi connectivity index (χ2n) is 4.41. The molecule has 1 unspecified atom stereocenters. The van der Waals surface area contributed by atoms with Gasteiger partial charge < -0.3 is 14.2 Å². The van der Waals surface area contributed by atoms with Crippen LogP contribution >= 0.6 is 0 Å². The standard InChI is InChI=1S/C11H18O6/c1-7(12)16-6-8(9(13)15-5)10(14)17-11(2,3)4/h8H,6H2,1-5H3. The highest BCUT2D eigenvalue weighted by Gasteiger charge is 2.33. The number of carbonyl (C=O) groups is 3. The predicted molar refractivity (Wildman–Crippen MR) is 58.0 cm³/mol. The maximum Gasteiger partial charge on any atom is 0.324 e. The van der Waals surface area contributed by atoms with Crippen LogP contribution in [0.15, 0.2) is 0 Å². The molecular formula is C11H18O6. The molecule has 0 amide bonds. The molecule has 0 aromatic rings. The van der Waals surface area contributed by atoms with Crippen LogP contribution in [-0.2, 0) is 28.6 Å². The average Bonchev–Trinajstić information content (AvgIpc) is 2.14. The predicted octanol–water partition coefficient (Wildman–Crippen LogP) is 0.680. The molecule has 0 fully saturated rings. The van der Waals surface area contributed by atoms with Gasteiger partial charge in [-0.15, -0.1) is 0 Å². The Morgan fingerprint density at radius 3 is 2.00 bits per heavy atom. The Hall–Kier alpha value is -1.59. The molecule has 0 heterocycles. The minimum absolute atomic E-state index is 0.378. The molecule has 0 aliphatic carbocycles. The normalized spacial score (nSPS) is 12.5. The molecule has 0 rings (SSSR count). The zero-order valence-electron chi connectivity index (χ0n) is 10.7. The second-order valence-corrected chi connectivity index (χ2v) is 4.41. The zero-order chi connectivity index (χ0) is 13.6. The molecule has 0 saturated carbocycles. The number of rotatable bonds is 4. The van der Waals surface area contributed by atoms with Crippen molar-refractivity contribution in [2.24, 2.45) is 5.92 Å². The average molecular weight is 246 g/mol. The summed E-state index contributed by atoms with van der Waals surface area (Å²) in [6, 6.07) is 0. The number of hydrogen-bond donors (Lipinski definition) is 0. The Bertz CT molecular complexity index is 302. The van der Waals surface area contributed by atoms with Gasteiger partial charge >= 0.3 is 17.9 Å². The molecule has 98 valence electrons. The fourth-order valence-corrected chi connectivity index (χ4v) is 0.948. The molecule has 0 aliphatic heterocycles. The largest absolute Gasteiger partial charge is 0.468 e. The highest BCUT2D eigenvalue weighted by Crippen LogP contribution is 2.13. The third kappa shape index (κ3) is 6.55. The molecular weight excluding hydrogens is 228 g/mol. The molecule has 0 bridgehead atoms. The van der Waals surface area contributed by atoms with Gasteiger partial charge in [0, 0.05) is 6.92 Å². The van der Waals surface area contributed by atoms with E-state index in [0.29, 0.717) is 0 Å². The van der Waals surface area contributed by atoms with Crippen molar-refractivity contribution in [3.05, 3.63) is 0 Å².